The van der Waals surface area contributed by atoms with Gasteiger partial charge in [0.15, 0.2) is 0 Å². The smallest absolute Gasteiger partial charge is 0.465 e. The van der Waals surface area contributed by atoms with E-state index in [0.29, 0.717) is 23.6 Å². The Hall–Kier alpha value is -4.33. The van der Waals surface area contributed by atoms with Gasteiger partial charge in [-0.3, -0.25) is 19.4 Å². The highest BCUT2D eigenvalue weighted by Gasteiger charge is 2.44. The second-order valence-electron chi connectivity index (χ2n) is 9.07. The fraction of sp³-hybridized carbons (Fsp3) is 0.360. The maximum atomic E-state index is 13.0. The molecule has 1 saturated heterocycles. The topological polar surface area (TPSA) is 133 Å². The predicted molar refractivity (Wildman–Crippen MR) is 131 cm³/mol. The van der Waals surface area contributed by atoms with E-state index >= 15 is 0 Å². The van der Waals surface area contributed by atoms with E-state index < -0.39 is 42.1 Å². The molecule has 3 N–H and O–H groups in total. The molecular weight excluding hydrogens is 523 g/mol. The van der Waals surface area contributed by atoms with Gasteiger partial charge in [-0.1, -0.05) is 52.7 Å². The zero-order valence-electron chi connectivity index (χ0n) is 20.7. The third-order valence-corrected chi connectivity index (χ3v) is 6.41. The summed E-state index contributed by atoms with van der Waals surface area (Å²) in [6, 6.07) is 13.6. The molecule has 3 atom stereocenters. The number of nitrogens with one attached hydrogen (secondary N) is 2. The first kappa shape index (κ1) is 27.7. The van der Waals surface area contributed by atoms with Crippen molar-refractivity contribution in [2.45, 2.75) is 50.5 Å². The molecule has 11 nitrogen and oxygen atoms in total. The molecule has 39 heavy (non-hydrogen) atoms. The number of amides is 3. The lowest BCUT2D eigenvalue weighted by molar-refractivity contribution is -0.232. The number of nitrogens with zero attached hydrogens (tertiary/aromatic N) is 3. The number of alkyl halides is 3. The molecule has 208 valence electrons. The third-order valence-electron chi connectivity index (χ3n) is 6.41. The summed E-state index contributed by atoms with van der Waals surface area (Å²) in [4.78, 5) is 47.0. The van der Waals surface area contributed by atoms with Gasteiger partial charge in [-0.2, -0.15) is 13.2 Å². The summed E-state index contributed by atoms with van der Waals surface area (Å²) < 4.78 is 37.9. The molecule has 2 aliphatic heterocycles. The van der Waals surface area contributed by atoms with E-state index in [1.807, 2.05) is 30.3 Å². The number of benzene rings is 2. The first-order valence-electron chi connectivity index (χ1n) is 12.0. The summed E-state index contributed by atoms with van der Waals surface area (Å²) in [7, 11) is 0. The average Bonchev–Trinajstić information content (AvgIpc) is 3.43. The molecule has 2 aromatic carbocycles. The number of hydrogen-bond acceptors (Lipinski definition) is 7. The molecule has 0 radical (unpaired) electrons. The van der Waals surface area contributed by atoms with E-state index in [-0.39, 0.29) is 24.7 Å². The van der Waals surface area contributed by atoms with E-state index in [1.54, 1.807) is 12.1 Å². The molecule has 1 unspecified atom stereocenters. The summed E-state index contributed by atoms with van der Waals surface area (Å²) in [6.07, 6.45) is -5.11. The molecular formula is C25H26F3N5O6. The van der Waals surface area contributed by atoms with Crippen LogP contribution in [0.15, 0.2) is 59.7 Å². The van der Waals surface area contributed by atoms with Crippen LogP contribution in [0, 0.1) is 0 Å². The Labute approximate surface area is 221 Å². The van der Waals surface area contributed by atoms with E-state index in [0.717, 1.165) is 10.5 Å². The van der Waals surface area contributed by atoms with Gasteiger partial charge < -0.3 is 15.7 Å². The second-order valence-corrected chi connectivity index (χ2v) is 9.07. The van der Waals surface area contributed by atoms with Crippen molar-refractivity contribution in [3.8, 4) is 0 Å². The van der Waals surface area contributed by atoms with Crippen LogP contribution in [0.2, 0.25) is 0 Å². The number of hydrazone groups is 1. The largest absolute Gasteiger partial charge is 0.474 e. The normalized spacial score (nSPS) is 20.1. The van der Waals surface area contributed by atoms with Gasteiger partial charge in [0.1, 0.15) is 12.1 Å². The van der Waals surface area contributed by atoms with Crippen molar-refractivity contribution in [3.63, 3.8) is 0 Å². The molecule has 0 aliphatic carbocycles. The highest BCUT2D eigenvalue weighted by Crippen LogP contribution is 2.32. The monoisotopic (exact) mass is 549 g/mol. The van der Waals surface area contributed by atoms with E-state index in [2.05, 4.69) is 25.6 Å². The Balaban J connectivity index is 1.30. The number of rotatable bonds is 7. The molecule has 2 heterocycles. The Kier molecular flexibility index (Phi) is 8.24. The van der Waals surface area contributed by atoms with Crippen LogP contribution in [0.3, 0.4) is 0 Å². The minimum Gasteiger partial charge on any atom is -0.465 e. The maximum Gasteiger partial charge on any atom is 0.474 e. The minimum atomic E-state index is -4.79. The van der Waals surface area contributed by atoms with E-state index in [4.69, 9.17) is 0 Å². The molecule has 3 amide bonds. The van der Waals surface area contributed by atoms with Gasteiger partial charge in [0.25, 0.3) is 0 Å². The average molecular weight is 550 g/mol. The summed E-state index contributed by atoms with van der Waals surface area (Å²) in [6.45, 7) is 1.75. The van der Waals surface area contributed by atoms with Gasteiger partial charge in [0, 0.05) is 13.1 Å². The zero-order chi connectivity index (χ0) is 28.2. The molecule has 0 bridgehead atoms. The van der Waals surface area contributed by atoms with Crippen LogP contribution < -0.4 is 15.8 Å². The van der Waals surface area contributed by atoms with Gasteiger partial charge in [0.05, 0.1) is 5.69 Å². The van der Waals surface area contributed by atoms with Crippen LogP contribution in [0.4, 0.5) is 23.7 Å². The van der Waals surface area contributed by atoms with Crippen LogP contribution in [0.5, 0.6) is 0 Å². The quantitative estimate of drug-likeness (QED) is 0.452. The maximum absolute atomic E-state index is 13.0. The number of halogens is 3. The number of carbonyl (C=O) groups excluding carboxylic acids is 2. The lowest BCUT2D eigenvalue weighted by Gasteiger charge is -2.37. The third kappa shape index (κ3) is 6.76. The fourth-order valence-electron chi connectivity index (χ4n) is 4.32. The van der Waals surface area contributed by atoms with Crippen molar-refractivity contribution in [2.24, 2.45) is 5.10 Å². The summed E-state index contributed by atoms with van der Waals surface area (Å²) >= 11 is 0. The standard InChI is InChI=1S/C25H26F3N5O6/c1-15(30-22(35)20-13-18(11-12-32(20)24(36)37)17-5-3-2-4-6-17)21(34)29-14-16-7-9-19(10-8-16)33-31-23(38-39-33)25(26,27)28/h2-10,15,18,20H,11-14H2,1H3,(H,29,34)(H,30,35)(H,36,37)/t15?,18-,20+/m0/s1. The van der Waals surface area contributed by atoms with Crippen molar-refractivity contribution >= 4 is 29.5 Å². The van der Waals surface area contributed by atoms with Crippen LogP contribution in [-0.2, 0) is 26.0 Å². The van der Waals surface area contributed by atoms with Gasteiger partial charge in [-0.25, -0.2) is 4.79 Å². The number of piperidine rings is 1. The van der Waals surface area contributed by atoms with Crippen LogP contribution in [0.25, 0.3) is 0 Å². The van der Waals surface area contributed by atoms with Crippen LogP contribution >= 0.6 is 0 Å². The predicted octanol–water partition coefficient (Wildman–Crippen LogP) is 3.29. The molecule has 14 heteroatoms. The highest BCUT2D eigenvalue weighted by molar-refractivity contribution is 5.91. The minimum absolute atomic E-state index is 0.00733. The summed E-state index contributed by atoms with van der Waals surface area (Å²) in [5.41, 5.74) is 1.79. The first-order chi connectivity index (χ1) is 18.5. The van der Waals surface area contributed by atoms with Crippen LogP contribution in [-0.4, -0.2) is 58.6 Å². The molecule has 4 rings (SSSR count). The number of likely N-dealkylation sites (tertiary alicyclic amines) is 1. The second kappa shape index (κ2) is 11.6. The number of anilines is 1. The highest BCUT2D eigenvalue weighted by atomic mass is 19.4. The number of carbonyl (C=O) groups is 3. The Bertz CT molecular complexity index is 1220. The van der Waals surface area contributed by atoms with Crippen molar-refractivity contribution in [3.05, 3.63) is 65.7 Å². The number of hydrogen-bond donors (Lipinski definition) is 3. The summed E-state index contributed by atoms with van der Waals surface area (Å²) in [5, 5.41) is 18.6. The van der Waals surface area contributed by atoms with Crippen molar-refractivity contribution < 1.29 is 42.5 Å². The Morgan fingerprint density at radius 1 is 1.13 bits per heavy atom. The van der Waals surface area contributed by atoms with E-state index in [1.165, 1.54) is 19.1 Å². The molecule has 2 aliphatic rings. The van der Waals surface area contributed by atoms with Gasteiger partial charge in [-0.15, -0.1) is 0 Å². The SMILES string of the molecule is CC(NC(=O)[C@H]1C[C@@H](c2ccccc2)CCN1C(=O)O)C(=O)NCc1ccc(N2N=C(C(F)(F)F)OO2)cc1. The molecule has 0 spiro atoms. The van der Waals surface area contributed by atoms with Gasteiger partial charge in [-0.05, 0) is 53.9 Å². The molecule has 1 fully saturated rings. The van der Waals surface area contributed by atoms with E-state index in [9.17, 15) is 32.7 Å². The van der Waals surface area contributed by atoms with Crippen molar-refractivity contribution in [2.75, 3.05) is 11.7 Å². The lowest BCUT2D eigenvalue weighted by atomic mass is 9.85. The molecule has 0 saturated carbocycles. The van der Waals surface area contributed by atoms with Gasteiger partial charge >= 0.3 is 18.2 Å². The zero-order valence-corrected chi connectivity index (χ0v) is 20.7. The molecule has 2 aromatic rings. The Morgan fingerprint density at radius 2 is 1.82 bits per heavy atom. The lowest BCUT2D eigenvalue weighted by Crippen LogP contribution is -2.56. The Morgan fingerprint density at radius 3 is 2.44 bits per heavy atom. The fourth-order valence-corrected chi connectivity index (χ4v) is 4.32. The van der Waals surface area contributed by atoms with Crippen molar-refractivity contribution in [1.82, 2.24) is 15.5 Å². The number of carboxylic acid groups (broad SMARTS) is 1. The van der Waals surface area contributed by atoms with Crippen molar-refractivity contribution in [1.29, 1.82) is 0 Å². The first-order valence-corrected chi connectivity index (χ1v) is 12.0. The summed E-state index contributed by atoms with van der Waals surface area (Å²) in [5.74, 6) is -2.59. The molecule has 0 aromatic heterocycles. The van der Waals surface area contributed by atoms with Crippen LogP contribution in [0.1, 0.15) is 36.8 Å². The van der Waals surface area contributed by atoms with Gasteiger partial charge in [0.2, 0.25) is 11.8 Å².